The molecule has 0 fully saturated rings. The van der Waals surface area contributed by atoms with Crippen LogP contribution in [0.5, 0.6) is 0 Å². The Labute approximate surface area is 151 Å². The molecule has 0 bridgehead atoms. The molecular weight excluding hydrogens is 384 g/mol. The Balaban J connectivity index is 1.45. The summed E-state index contributed by atoms with van der Waals surface area (Å²) in [5, 5.41) is 7.83. The van der Waals surface area contributed by atoms with Gasteiger partial charge in [0.1, 0.15) is 18.2 Å². The van der Waals surface area contributed by atoms with Gasteiger partial charge in [-0.25, -0.2) is 9.67 Å². The van der Waals surface area contributed by atoms with Crippen molar-refractivity contribution in [2.24, 2.45) is 0 Å². The third-order valence-electron chi connectivity index (χ3n) is 3.79. The minimum atomic E-state index is -0.247. The molecule has 1 N–H and O–H groups in total. The second kappa shape index (κ2) is 6.52. The summed E-state index contributed by atoms with van der Waals surface area (Å²) in [5.74, 6) is 0.0459. The SMILES string of the molecule is O=C(NCc1ccc(-n2cncn2)cc1)c1cc2cccc(Br)c2o1. The predicted octanol–water partition coefficient (Wildman–Crippen LogP) is 3.71. The largest absolute Gasteiger partial charge is 0.450 e. The predicted molar refractivity (Wildman–Crippen MR) is 96.4 cm³/mol. The smallest absolute Gasteiger partial charge is 0.287 e. The van der Waals surface area contributed by atoms with Gasteiger partial charge in [0.05, 0.1) is 10.2 Å². The molecule has 0 spiro atoms. The van der Waals surface area contributed by atoms with E-state index in [0.717, 1.165) is 21.1 Å². The number of furan rings is 1. The lowest BCUT2D eigenvalue weighted by Gasteiger charge is -2.05. The van der Waals surface area contributed by atoms with Crippen LogP contribution in [-0.2, 0) is 6.54 Å². The summed E-state index contributed by atoms with van der Waals surface area (Å²) < 4.78 is 8.14. The number of nitrogens with zero attached hydrogens (tertiary/aromatic N) is 3. The summed E-state index contributed by atoms with van der Waals surface area (Å²) >= 11 is 3.42. The van der Waals surface area contributed by atoms with Crippen LogP contribution >= 0.6 is 15.9 Å². The molecule has 1 amide bonds. The van der Waals surface area contributed by atoms with Crippen molar-refractivity contribution in [1.29, 1.82) is 0 Å². The van der Waals surface area contributed by atoms with Crippen molar-refractivity contribution in [3.8, 4) is 5.69 Å². The summed E-state index contributed by atoms with van der Waals surface area (Å²) in [4.78, 5) is 16.2. The van der Waals surface area contributed by atoms with Crippen molar-refractivity contribution >= 4 is 32.8 Å². The molecule has 0 atom stereocenters. The van der Waals surface area contributed by atoms with Gasteiger partial charge >= 0.3 is 0 Å². The Bertz CT molecular complexity index is 1020. The van der Waals surface area contributed by atoms with E-state index in [1.54, 1.807) is 17.1 Å². The van der Waals surface area contributed by atoms with Crippen LogP contribution in [0.3, 0.4) is 0 Å². The van der Waals surface area contributed by atoms with Gasteiger partial charge in [0.2, 0.25) is 0 Å². The van der Waals surface area contributed by atoms with Crippen molar-refractivity contribution in [2.45, 2.75) is 6.54 Å². The highest BCUT2D eigenvalue weighted by atomic mass is 79.9. The zero-order valence-corrected chi connectivity index (χ0v) is 14.6. The lowest BCUT2D eigenvalue weighted by atomic mass is 10.2. The molecule has 2 aromatic carbocycles. The lowest BCUT2D eigenvalue weighted by molar-refractivity contribution is 0.0925. The summed E-state index contributed by atoms with van der Waals surface area (Å²) in [6.45, 7) is 0.411. The number of fused-ring (bicyclic) bond motifs is 1. The second-order valence-corrected chi connectivity index (χ2v) is 6.31. The molecule has 25 heavy (non-hydrogen) atoms. The van der Waals surface area contributed by atoms with Gasteiger partial charge in [0.25, 0.3) is 5.91 Å². The minimum Gasteiger partial charge on any atom is -0.450 e. The third-order valence-corrected chi connectivity index (χ3v) is 4.42. The van der Waals surface area contributed by atoms with E-state index in [1.165, 1.54) is 6.33 Å². The first kappa shape index (κ1) is 15.6. The van der Waals surface area contributed by atoms with Gasteiger partial charge in [0.15, 0.2) is 5.76 Å². The molecule has 6 nitrogen and oxygen atoms in total. The zero-order chi connectivity index (χ0) is 17.2. The van der Waals surface area contributed by atoms with Crippen LogP contribution in [0, 0.1) is 0 Å². The van der Waals surface area contributed by atoms with Gasteiger partial charge < -0.3 is 9.73 Å². The van der Waals surface area contributed by atoms with E-state index in [4.69, 9.17) is 4.42 Å². The van der Waals surface area contributed by atoms with Crippen molar-refractivity contribution in [2.75, 3.05) is 0 Å². The number of rotatable bonds is 4. The van der Waals surface area contributed by atoms with Crippen LogP contribution in [0.2, 0.25) is 0 Å². The molecule has 0 radical (unpaired) electrons. The van der Waals surface area contributed by atoms with Crippen LogP contribution in [0.15, 0.2) is 70.1 Å². The molecule has 0 aliphatic rings. The molecule has 4 rings (SSSR count). The molecule has 0 saturated carbocycles. The number of hydrogen-bond acceptors (Lipinski definition) is 4. The average molecular weight is 397 g/mol. The highest BCUT2D eigenvalue weighted by Gasteiger charge is 2.13. The second-order valence-electron chi connectivity index (χ2n) is 5.46. The van der Waals surface area contributed by atoms with Gasteiger partial charge in [-0.05, 0) is 45.8 Å². The number of hydrogen-bond donors (Lipinski definition) is 1. The molecule has 0 saturated heterocycles. The monoisotopic (exact) mass is 396 g/mol. The number of aromatic nitrogens is 3. The lowest BCUT2D eigenvalue weighted by Crippen LogP contribution is -2.22. The van der Waals surface area contributed by atoms with Crippen molar-refractivity contribution in [3.05, 3.63) is 77.0 Å². The van der Waals surface area contributed by atoms with Crippen LogP contribution in [0.4, 0.5) is 0 Å². The molecule has 7 heteroatoms. The van der Waals surface area contributed by atoms with Crippen molar-refractivity contribution < 1.29 is 9.21 Å². The Morgan fingerprint density at radius 2 is 2.04 bits per heavy atom. The maximum absolute atomic E-state index is 12.3. The van der Waals surface area contributed by atoms with Crippen LogP contribution < -0.4 is 5.32 Å². The van der Waals surface area contributed by atoms with E-state index in [2.05, 4.69) is 31.3 Å². The summed E-state index contributed by atoms with van der Waals surface area (Å²) in [6.07, 6.45) is 3.12. The fourth-order valence-electron chi connectivity index (χ4n) is 2.52. The molecule has 0 aliphatic heterocycles. The van der Waals surface area contributed by atoms with E-state index in [0.29, 0.717) is 17.9 Å². The summed E-state index contributed by atoms with van der Waals surface area (Å²) in [5.41, 5.74) is 2.56. The van der Waals surface area contributed by atoms with Crippen LogP contribution in [0.25, 0.3) is 16.7 Å². The average Bonchev–Trinajstić information content (AvgIpc) is 3.30. The molecule has 124 valence electrons. The first-order valence-electron chi connectivity index (χ1n) is 7.61. The maximum Gasteiger partial charge on any atom is 0.287 e. The fourth-order valence-corrected chi connectivity index (χ4v) is 2.98. The summed E-state index contributed by atoms with van der Waals surface area (Å²) in [6, 6.07) is 15.2. The Hall–Kier alpha value is -2.93. The zero-order valence-electron chi connectivity index (χ0n) is 13.0. The molecule has 0 unspecified atom stereocenters. The van der Waals surface area contributed by atoms with Gasteiger partial charge in [-0.1, -0.05) is 24.3 Å². The molecule has 2 aromatic heterocycles. The fraction of sp³-hybridized carbons (Fsp3) is 0.0556. The number of nitrogens with one attached hydrogen (secondary N) is 1. The van der Waals surface area contributed by atoms with Gasteiger partial charge in [-0.3, -0.25) is 4.79 Å². The van der Waals surface area contributed by atoms with Crippen LogP contribution in [-0.4, -0.2) is 20.7 Å². The number of benzene rings is 2. The number of amides is 1. The Morgan fingerprint density at radius 3 is 2.76 bits per heavy atom. The molecular formula is C18H13BrN4O2. The number of para-hydroxylation sites is 1. The minimum absolute atomic E-state index is 0.247. The molecule has 0 aliphatic carbocycles. The first-order chi connectivity index (χ1) is 12.2. The van der Waals surface area contributed by atoms with E-state index in [9.17, 15) is 4.79 Å². The van der Waals surface area contributed by atoms with Crippen LogP contribution in [0.1, 0.15) is 16.1 Å². The number of halogens is 1. The highest BCUT2D eigenvalue weighted by Crippen LogP contribution is 2.26. The van der Waals surface area contributed by atoms with Gasteiger partial charge in [-0.2, -0.15) is 5.10 Å². The molecule has 4 aromatic rings. The third kappa shape index (κ3) is 3.18. The van der Waals surface area contributed by atoms with E-state index >= 15 is 0 Å². The normalized spacial score (nSPS) is 10.9. The van der Waals surface area contributed by atoms with E-state index < -0.39 is 0 Å². The quantitative estimate of drug-likeness (QED) is 0.570. The Morgan fingerprint density at radius 1 is 1.20 bits per heavy atom. The topological polar surface area (TPSA) is 73.0 Å². The Kier molecular flexibility index (Phi) is 4.07. The number of carbonyl (C=O) groups excluding carboxylic acids is 1. The maximum atomic E-state index is 12.3. The number of carbonyl (C=O) groups is 1. The molecule has 2 heterocycles. The first-order valence-corrected chi connectivity index (χ1v) is 8.40. The van der Waals surface area contributed by atoms with E-state index in [-0.39, 0.29) is 5.91 Å². The van der Waals surface area contributed by atoms with Crippen molar-refractivity contribution in [3.63, 3.8) is 0 Å². The summed E-state index contributed by atoms with van der Waals surface area (Å²) in [7, 11) is 0. The highest BCUT2D eigenvalue weighted by molar-refractivity contribution is 9.10. The van der Waals surface area contributed by atoms with Gasteiger partial charge in [-0.15, -0.1) is 0 Å². The van der Waals surface area contributed by atoms with Crippen molar-refractivity contribution in [1.82, 2.24) is 20.1 Å². The van der Waals surface area contributed by atoms with Gasteiger partial charge in [0, 0.05) is 11.9 Å². The standard InChI is InChI=1S/C18H13BrN4O2/c19-15-3-1-2-13-8-16(25-17(13)15)18(24)21-9-12-4-6-14(7-5-12)23-11-20-10-22-23/h1-8,10-11H,9H2,(H,21,24). The van der Waals surface area contributed by atoms with E-state index in [1.807, 2.05) is 42.5 Å².